The highest BCUT2D eigenvalue weighted by Crippen LogP contribution is 2.36. The number of alkyl halides is 3. The lowest BCUT2D eigenvalue weighted by molar-refractivity contribution is -0.137. The molecule has 0 unspecified atom stereocenters. The Morgan fingerprint density at radius 3 is 2.56 bits per heavy atom. The Bertz CT molecular complexity index is 916. The van der Waals surface area contributed by atoms with Crippen molar-refractivity contribution in [1.82, 2.24) is 14.3 Å². The Labute approximate surface area is 145 Å². The van der Waals surface area contributed by atoms with Crippen molar-refractivity contribution in [3.63, 3.8) is 0 Å². The number of aromatic nitrogens is 3. The minimum Gasteiger partial charge on any atom is -0.322 e. The van der Waals surface area contributed by atoms with Crippen LogP contribution < -0.4 is 5.32 Å². The fourth-order valence-corrected chi connectivity index (χ4v) is 2.62. The molecule has 130 valence electrons. The number of aryl methyl sites for hydroxylation is 1. The Kier molecular flexibility index (Phi) is 4.30. The van der Waals surface area contributed by atoms with Crippen LogP contribution in [0.15, 0.2) is 48.9 Å². The first kappa shape index (κ1) is 17.1. The molecule has 2 aromatic heterocycles. The first-order valence-corrected chi connectivity index (χ1v) is 7.48. The highest BCUT2D eigenvalue weighted by Gasteiger charge is 2.33. The molecule has 0 spiro atoms. The molecule has 0 atom stereocenters. The molecule has 0 saturated heterocycles. The van der Waals surface area contributed by atoms with Crippen LogP contribution in [0.3, 0.4) is 0 Å². The maximum atomic E-state index is 12.9. The van der Waals surface area contributed by atoms with Crippen molar-refractivity contribution in [2.45, 2.75) is 6.18 Å². The topological polar surface area (TPSA) is 51.9 Å². The Hall–Kier alpha value is -2.74. The van der Waals surface area contributed by atoms with Crippen molar-refractivity contribution in [3.05, 3.63) is 65.1 Å². The predicted octanol–water partition coefficient (Wildman–Crippen LogP) is 4.14. The number of halogens is 4. The van der Waals surface area contributed by atoms with Crippen molar-refractivity contribution in [2.75, 3.05) is 5.32 Å². The number of anilines is 1. The molecule has 25 heavy (non-hydrogen) atoms. The van der Waals surface area contributed by atoms with Gasteiger partial charge in [-0.25, -0.2) is 0 Å². The molecule has 1 amide bonds. The van der Waals surface area contributed by atoms with Crippen LogP contribution in [0, 0.1) is 0 Å². The van der Waals surface area contributed by atoms with Crippen LogP contribution in [-0.2, 0) is 13.2 Å². The maximum Gasteiger partial charge on any atom is 0.417 e. The van der Waals surface area contributed by atoms with Gasteiger partial charge in [0.05, 0.1) is 16.8 Å². The first-order chi connectivity index (χ1) is 11.8. The van der Waals surface area contributed by atoms with Crippen molar-refractivity contribution in [1.29, 1.82) is 0 Å². The number of rotatable bonds is 3. The second-order valence-corrected chi connectivity index (χ2v) is 5.65. The van der Waals surface area contributed by atoms with Gasteiger partial charge in [-0.15, -0.1) is 0 Å². The molecule has 5 nitrogen and oxygen atoms in total. The van der Waals surface area contributed by atoms with Gasteiger partial charge in [-0.2, -0.15) is 18.3 Å². The number of nitrogens with one attached hydrogen (secondary N) is 1. The summed E-state index contributed by atoms with van der Waals surface area (Å²) in [6, 6.07) is 6.76. The molecule has 0 saturated carbocycles. The van der Waals surface area contributed by atoms with Crippen LogP contribution in [-0.4, -0.2) is 20.3 Å². The molecule has 0 fully saturated rings. The zero-order chi connectivity index (χ0) is 18.2. The normalized spacial score (nSPS) is 11.6. The van der Waals surface area contributed by atoms with E-state index in [1.165, 1.54) is 16.9 Å². The van der Waals surface area contributed by atoms with Crippen LogP contribution in [0.25, 0.3) is 5.82 Å². The van der Waals surface area contributed by atoms with Gasteiger partial charge >= 0.3 is 6.18 Å². The third-order valence-corrected chi connectivity index (χ3v) is 3.86. The highest BCUT2D eigenvalue weighted by atomic mass is 35.5. The molecular formula is C16H12ClF3N4O. The number of nitrogens with zero attached hydrogens (tertiary/aromatic N) is 3. The van der Waals surface area contributed by atoms with Crippen LogP contribution in [0.2, 0.25) is 5.02 Å². The van der Waals surface area contributed by atoms with Crippen molar-refractivity contribution < 1.29 is 18.0 Å². The van der Waals surface area contributed by atoms with Gasteiger partial charge in [0.1, 0.15) is 11.4 Å². The Morgan fingerprint density at radius 2 is 1.92 bits per heavy atom. The third kappa shape index (κ3) is 3.39. The summed E-state index contributed by atoms with van der Waals surface area (Å²) in [6.07, 6.45) is 0.212. The Balaban J connectivity index is 1.92. The molecule has 1 aromatic carbocycles. The second-order valence-electron chi connectivity index (χ2n) is 5.24. The summed E-state index contributed by atoms with van der Waals surface area (Å²) in [6.45, 7) is 0. The summed E-state index contributed by atoms with van der Waals surface area (Å²) < 4.78 is 42.0. The number of benzene rings is 1. The molecule has 1 N–H and O–H groups in total. The van der Waals surface area contributed by atoms with E-state index in [1.54, 1.807) is 36.1 Å². The van der Waals surface area contributed by atoms with Crippen LogP contribution in [0.5, 0.6) is 0 Å². The highest BCUT2D eigenvalue weighted by molar-refractivity contribution is 6.31. The van der Waals surface area contributed by atoms with E-state index in [0.29, 0.717) is 5.82 Å². The lowest BCUT2D eigenvalue weighted by Crippen LogP contribution is -2.16. The van der Waals surface area contributed by atoms with Crippen molar-refractivity contribution in [2.24, 2.45) is 7.05 Å². The molecule has 0 aliphatic heterocycles. The Morgan fingerprint density at radius 1 is 1.24 bits per heavy atom. The lowest BCUT2D eigenvalue weighted by Gasteiger charge is -2.12. The van der Waals surface area contributed by atoms with E-state index < -0.39 is 22.7 Å². The number of hydrogen-bond donors (Lipinski definition) is 1. The molecule has 0 radical (unpaired) electrons. The number of carbonyl (C=O) groups is 1. The molecule has 2 heterocycles. The maximum absolute atomic E-state index is 12.9. The summed E-state index contributed by atoms with van der Waals surface area (Å²) in [5.41, 5.74) is -0.796. The van der Waals surface area contributed by atoms with Gasteiger partial charge in [0.2, 0.25) is 0 Å². The van der Waals surface area contributed by atoms with E-state index in [2.05, 4.69) is 10.4 Å². The average Bonchev–Trinajstić information content (AvgIpc) is 3.17. The largest absolute Gasteiger partial charge is 0.417 e. The van der Waals surface area contributed by atoms with E-state index in [0.717, 1.165) is 12.1 Å². The monoisotopic (exact) mass is 368 g/mol. The van der Waals surface area contributed by atoms with E-state index >= 15 is 0 Å². The summed E-state index contributed by atoms with van der Waals surface area (Å²) in [5.74, 6) is -0.0836. The summed E-state index contributed by atoms with van der Waals surface area (Å²) in [4.78, 5) is 12.5. The zero-order valence-corrected chi connectivity index (χ0v) is 13.6. The molecule has 3 rings (SSSR count). The number of amides is 1. The van der Waals surface area contributed by atoms with E-state index in [9.17, 15) is 18.0 Å². The third-order valence-electron chi connectivity index (χ3n) is 3.53. The summed E-state index contributed by atoms with van der Waals surface area (Å²) in [7, 11) is 1.66. The van der Waals surface area contributed by atoms with Gasteiger partial charge in [0.25, 0.3) is 5.91 Å². The lowest BCUT2D eigenvalue weighted by atomic mass is 10.2. The molecule has 9 heteroatoms. The van der Waals surface area contributed by atoms with Gasteiger partial charge in [0, 0.05) is 25.1 Å². The van der Waals surface area contributed by atoms with Gasteiger partial charge in [0.15, 0.2) is 0 Å². The van der Waals surface area contributed by atoms with E-state index in [1.807, 2.05) is 0 Å². The van der Waals surface area contributed by atoms with Gasteiger partial charge in [-0.1, -0.05) is 11.6 Å². The average molecular weight is 369 g/mol. The fourth-order valence-electron chi connectivity index (χ4n) is 2.39. The smallest absolute Gasteiger partial charge is 0.322 e. The molecular weight excluding hydrogens is 357 g/mol. The minimum absolute atomic E-state index is 0.0102. The predicted molar refractivity (Wildman–Crippen MR) is 86.9 cm³/mol. The van der Waals surface area contributed by atoms with E-state index in [-0.39, 0.29) is 11.3 Å². The number of carbonyl (C=O) groups excluding carboxylic acids is 1. The van der Waals surface area contributed by atoms with Crippen molar-refractivity contribution >= 4 is 23.2 Å². The molecule has 0 bridgehead atoms. The quantitative estimate of drug-likeness (QED) is 0.755. The minimum atomic E-state index is -4.61. The van der Waals surface area contributed by atoms with Crippen molar-refractivity contribution in [3.8, 4) is 5.82 Å². The van der Waals surface area contributed by atoms with Crippen LogP contribution >= 0.6 is 11.6 Å². The van der Waals surface area contributed by atoms with Gasteiger partial charge in [-0.05, 0) is 30.3 Å². The first-order valence-electron chi connectivity index (χ1n) is 7.11. The summed E-state index contributed by atoms with van der Waals surface area (Å²) in [5, 5.41) is 6.06. The second kappa shape index (κ2) is 6.29. The molecule has 3 aromatic rings. The van der Waals surface area contributed by atoms with Gasteiger partial charge < -0.3 is 9.88 Å². The SMILES string of the molecule is Cn1ncc(C(=O)Nc2ccc(Cl)c(C(F)(F)F)c2)c1-n1cccc1. The molecule has 0 aliphatic rings. The zero-order valence-electron chi connectivity index (χ0n) is 12.9. The summed E-state index contributed by atoms with van der Waals surface area (Å²) >= 11 is 5.58. The number of hydrogen-bond acceptors (Lipinski definition) is 2. The van der Waals surface area contributed by atoms with Crippen LogP contribution in [0.1, 0.15) is 15.9 Å². The van der Waals surface area contributed by atoms with Gasteiger partial charge in [-0.3, -0.25) is 9.48 Å². The standard InChI is InChI=1S/C16H12ClF3N4O/c1-23-15(24-6-2-3-7-24)11(9-21-23)14(25)22-10-4-5-13(17)12(8-10)16(18,19)20/h2-9H,1H3,(H,22,25). The van der Waals surface area contributed by atoms with E-state index in [4.69, 9.17) is 11.6 Å². The fraction of sp³-hybridized carbons (Fsp3) is 0.125. The van der Waals surface area contributed by atoms with Crippen LogP contribution in [0.4, 0.5) is 18.9 Å². The molecule has 0 aliphatic carbocycles.